The van der Waals surface area contributed by atoms with E-state index in [1.165, 1.54) is 38.5 Å². The zero-order chi connectivity index (χ0) is 37.5. The largest absolute Gasteiger partial charge is 0.465 e. The molecule has 4 rings (SSSR count). The molecule has 0 aromatic heterocycles. The van der Waals surface area contributed by atoms with Crippen LogP contribution in [0, 0.1) is 5.92 Å². The van der Waals surface area contributed by atoms with Gasteiger partial charge in [-0.2, -0.15) is 0 Å². The van der Waals surface area contributed by atoms with Crippen molar-refractivity contribution in [3.05, 3.63) is 108 Å². The van der Waals surface area contributed by atoms with Gasteiger partial charge in [-0.1, -0.05) is 126 Å². The minimum Gasteiger partial charge on any atom is -0.465 e. The normalized spacial score (nSPS) is 12.0. The predicted octanol–water partition coefficient (Wildman–Crippen LogP) is 10.8. The minimum absolute atomic E-state index is 0.0301. The summed E-state index contributed by atoms with van der Waals surface area (Å²) < 4.78 is 14.7. The van der Waals surface area contributed by atoms with Gasteiger partial charge < -0.3 is 19.3 Å². The van der Waals surface area contributed by atoms with Gasteiger partial charge in [0, 0.05) is 6.10 Å². The molecular weight excluding hydrogens is 616 g/mol. The molecule has 0 heterocycles. The number of ether oxygens (including phenoxy) is 3. The highest BCUT2D eigenvalue weighted by Gasteiger charge is 2.12. The second-order valence-electron chi connectivity index (χ2n) is 12.9. The number of carbonyl (C=O) groups excluding carboxylic acids is 3. The molecular formula is C42H64O7. The van der Waals surface area contributed by atoms with Crippen LogP contribution in [0.1, 0.15) is 140 Å². The Morgan fingerprint density at radius 3 is 1.12 bits per heavy atom. The molecule has 49 heavy (non-hydrogen) atoms. The number of aliphatic hydroxyl groups excluding tert-OH is 1. The van der Waals surface area contributed by atoms with E-state index in [1.54, 1.807) is 52.0 Å². The monoisotopic (exact) mass is 680 g/mol. The molecule has 1 aliphatic carbocycles. The van der Waals surface area contributed by atoms with Crippen LogP contribution in [-0.2, 0) is 19.0 Å². The third-order valence-electron chi connectivity index (χ3n) is 5.74. The molecule has 0 aliphatic heterocycles. The van der Waals surface area contributed by atoms with Gasteiger partial charge in [0.25, 0.3) is 6.47 Å². The maximum absolute atomic E-state index is 11.8. The summed E-state index contributed by atoms with van der Waals surface area (Å²) in [6.45, 7) is 19.5. The average Bonchev–Trinajstić information content (AvgIpc) is 3.07. The van der Waals surface area contributed by atoms with Crippen LogP contribution in [0.25, 0.3) is 0 Å². The van der Waals surface area contributed by atoms with E-state index in [0.717, 1.165) is 11.5 Å². The summed E-state index contributed by atoms with van der Waals surface area (Å²) in [5, 5.41) is 8.06. The number of aliphatic hydroxyl groups is 1. The molecule has 0 spiro atoms. The molecule has 1 aliphatic rings. The molecule has 1 saturated carbocycles. The summed E-state index contributed by atoms with van der Waals surface area (Å²) in [5.74, 6) is 0.285. The average molecular weight is 681 g/mol. The second kappa shape index (κ2) is 31.3. The fraction of sp³-hybridized carbons (Fsp3) is 0.500. The Morgan fingerprint density at radius 2 is 0.857 bits per heavy atom. The van der Waals surface area contributed by atoms with Crippen LogP contribution in [0.2, 0.25) is 0 Å². The molecule has 1 N–H and O–H groups in total. The van der Waals surface area contributed by atoms with Crippen molar-refractivity contribution >= 4 is 18.4 Å². The Hall–Kier alpha value is -3.97. The summed E-state index contributed by atoms with van der Waals surface area (Å²) in [6, 6.07) is 27.7. The molecule has 274 valence electrons. The van der Waals surface area contributed by atoms with Crippen LogP contribution >= 0.6 is 0 Å². The number of benzene rings is 3. The topological polar surface area (TPSA) is 99.1 Å². The Labute approximate surface area is 297 Å². The smallest absolute Gasteiger partial charge is 0.338 e. The quantitative estimate of drug-likeness (QED) is 0.151. The van der Waals surface area contributed by atoms with Crippen molar-refractivity contribution in [1.82, 2.24) is 0 Å². The minimum atomic E-state index is -0.290. The van der Waals surface area contributed by atoms with Crippen molar-refractivity contribution < 1.29 is 33.7 Å². The van der Waals surface area contributed by atoms with Crippen molar-refractivity contribution in [3.63, 3.8) is 0 Å². The van der Waals surface area contributed by atoms with Crippen LogP contribution in [-0.4, -0.2) is 41.8 Å². The standard InChI is InChI=1S/C15H14O2.C10H12O2.C6H12.C4H8O2.C4H10.C3H8O/c1-12(13-8-4-2-5-9-13)17-15(16)14-10-6-3-7-11-14;1-8(2)12-10(11)9-6-4-3-5-7-9;1-2-4-6-5-3-1;1-4(2)6-3-5;1-4(2)3;1-3(2)4/h2-12H,1H3;3-8H,1-2H3;1-6H2;3-4H,1-2H3;4H,1-3H3;3-4H,1-2H3. The van der Waals surface area contributed by atoms with Crippen molar-refractivity contribution in [1.29, 1.82) is 0 Å². The fourth-order valence-corrected chi connectivity index (χ4v) is 3.62. The molecule has 0 saturated heterocycles. The Bertz CT molecular complexity index is 1150. The van der Waals surface area contributed by atoms with Gasteiger partial charge in [-0.15, -0.1) is 0 Å². The van der Waals surface area contributed by atoms with E-state index in [1.807, 2.05) is 87.5 Å². The number of hydrogen-bond donors (Lipinski definition) is 1. The highest BCUT2D eigenvalue weighted by atomic mass is 16.5. The lowest BCUT2D eigenvalue weighted by Crippen LogP contribution is -2.11. The van der Waals surface area contributed by atoms with Crippen LogP contribution in [0.5, 0.6) is 0 Å². The van der Waals surface area contributed by atoms with Crippen LogP contribution in [0.4, 0.5) is 0 Å². The van der Waals surface area contributed by atoms with Crippen molar-refractivity contribution in [2.45, 2.75) is 132 Å². The molecule has 3 aromatic rings. The van der Waals surface area contributed by atoms with E-state index in [4.69, 9.17) is 14.6 Å². The van der Waals surface area contributed by atoms with Crippen LogP contribution in [0.3, 0.4) is 0 Å². The van der Waals surface area contributed by atoms with E-state index in [-0.39, 0.29) is 36.4 Å². The number of esters is 2. The van der Waals surface area contributed by atoms with Gasteiger partial charge in [-0.25, -0.2) is 9.59 Å². The van der Waals surface area contributed by atoms with E-state index in [2.05, 4.69) is 25.5 Å². The lowest BCUT2D eigenvalue weighted by molar-refractivity contribution is -0.131. The lowest BCUT2D eigenvalue weighted by Gasteiger charge is -2.13. The predicted molar refractivity (Wildman–Crippen MR) is 202 cm³/mol. The summed E-state index contributed by atoms with van der Waals surface area (Å²) in [7, 11) is 0. The highest BCUT2D eigenvalue weighted by molar-refractivity contribution is 5.89. The summed E-state index contributed by atoms with van der Waals surface area (Å²) >= 11 is 0. The third-order valence-corrected chi connectivity index (χ3v) is 5.74. The fourth-order valence-electron chi connectivity index (χ4n) is 3.62. The Balaban J connectivity index is 0. The highest BCUT2D eigenvalue weighted by Crippen LogP contribution is 2.18. The van der Waals surface area contributed by atoms with Gasteiger partial charge in [0.05, 0.1) is 23.3 Å². The van der Waals surface area contributed by atoms with E-state index in [0.29, 0.717) is 17.6 Å². The number of rotatable bonds is 7. The zero-order valence-electron chi connectivity index (χ0n) is 31.8. The van der Waals surface area contributed by atoms with Gasteiger partial charge in [0.15, 0.2) is 0 Å². The second-order valence-corrected chi connectivity index (χ2v) is 12.9. The Kier molecular flexibility index (Phi) is 30.1. The number of hydrogen-bond acceptors (Lipinski definition) is 7. The lowest BCUT2D eigenvalue weighted by atomic mass is 10.0. The first kappa shape index (κ1) is 47.1. The Morgan fingerprint density at radius 1 is 0.551 bits per heavy atom. The molecule has 1 atom stereocenters. The molecule has 1 fully saturated rings. The number of carbonyl (C=O) groups is 3. The zero-order valence-corrected chi connectivity index (χ0v) is 31.8. The molecule has 1 unspecified atom stereocenters. The molecule has 7 nitrogen and oxygen atoms in total. The van der Waals surface area contributed by atoms with Gasteiger partial charge in [-0.05, 0) is 84.2 Å². The SMILES string of the molecule is C1CCCCC1.CC(C)C.CC(C)O.CC(C)OC(=O)c1ccccc1.CC(C)OC=O.CC(OC(=O)c1ccccc1)c1ccccc1. The van der Waals surface area contributed by atoms with Crippen LogP contribution in [0.15, 0.2) is 91.0 Å². The van der Waals surface area contributed by atoms with Crippen molar-refractivity contribution in [3.8, 4) is 0 Å². The summed E-state index contributed by atoms with van der Waals surface area (Å²) in [4.78, 5) is 32.4. The van der Waals surface area contributed by atoms with E-state index >= 15 is 0 Å². The van der Waals surface area contributed by atoms with Crippen LogP contribution < -0.4 is 0 Å². The van der Waals surface area contributed by atoms with Gasteiger partial charge in [0.1, 0.15) is 6.10 Å². The van der Waals surface area contributed by atoms with E-state index < -0.39 is 0 Å². The molecule has 3 aromatic carbocycles. The first-order chi connectivity index (χ1) is 23.2. The third kappa shape index (κ3) is 32.4. The van der Waals surface area contributed by atoms with E-state index in [9.17, 15) is 14.4 Å². The molecule has 0 bridgehead atoms. The molecule has 0 amide bonds. The van der Waals surface area contributed by atoms with Crippen molar-refractivity contribution in [2.75, 3.05) is 0 Å². The summed E-state index contributed by atoms with van der Waals surface area (Å²) in [5.41, 5.74) is 2.18. The van der Waals surface area contributed by atoms with Gasteiger partial charge >= 0.3 is 11.9 Å². The molecule has 7 heteroatoms. The molecule has 0 radical (unpaired) electrons. The van der Waals surface area contributed by atoms with Gasteiger partial charge in [0.2, 0.25) is 0 Å². The maximum Gasteiger partial charge on any atom is 0.338 e. The van der Waals surface area contributed by atoms with Crippen molar-refractivity contribution in [2.24, 2.45) is 5.92 Å². The first-order valence-electron chi connectivity index (χ1n) is 17.5. The first-order valence-corrected chi connectivity index (χ1v) is 17.5. The van der Waals surface area contributed by atoms with Gasteiger partial charge in [-0.3, -0.25) is 4.79 Å². The maximum atomic E-state index is 11.8. The summed E-state index contributed by atoms with van der Waals surface area (Å²) in [6.07, 6.45) is 8.57.